The lowest BCUT2D eigenvalue weighted by molar-refractivity contribution is 0.0942. The first-order valence-electron chi connectivity index (χ1n) is 4.79. The van der Waals surface area contributed by atoms with E-state index in [9.17, 15) is 4.79 Å². The molecule has 0 fully saturated rings. The number of anilines is 1. The summed E-state index contributed by atoms with van der Waals surface area (Å²) in [5, 5.41) is 6.25. The SMILES string of the molecule is Nc1cccc(CNC(=O)c2ccon2)c1. The van der Waals surface area contributed by atoms with E-state index in [1.807, 2.05) is 18.2 Å². The third kappa shape index (κ3) is 2.38. The molecule has 0 aliphatic rings. The van der Waals surface area contributed by atoms with Crippen molar-refractivity contribution in [1.82, 2.24) is 10.5 Å². The summed E-state index contributed by atoms with van der Waals surface area (Å²) in [6.07, 6.45) is 1.36. The van der Waals surface area contributed by atoms with E-state index in [2.05, 4.69) is 15.0 Å². The van der Waals surface area contributed by atoms with E-state index in [-0.39, 0.29) is 11.6 Å². The van der Waals surface area contributed by atoms with Crippen LogP contribution in [0.4, 0.5) is 5.69 Å². The van der Waals surface area contributed by atoms with Crippen LogP contribution in [0.5, 0.6) is 0 Å². The Balaban J connectivity index is 1.95. The van der Waals surface area contributed by atoms with Crippen molar-refractivity contribution in [3.8, 4) is 0 Å². The molecule has 0 bridgehead atoms. The molecule has 3 N–H and O–H groups in total. The highest BCUT2D eigenvalue weighted by atomic mass is 16.5. The summed E-state index contributed by atoms with van der Waals surface area (Å²) in [4.78, 5) is 11.5. The highest BCUT2D eigenvalue weighted by molar-refractivity contribution is 5.91. The summed E-state index contributed by atoms with van der Waals surface area (Å²) in [5.41, 5.74) is 7.50. The number of carbonyl (C=O) groups excluding carboxylic acids is 1. The average Bonchev–Trinajstić information content (AvgIpc) is 2.79. The standard InChI is InChI=1S/C11H11N3O2/c12-9-3-1-2-8(6-9)7-13-11(15)10-4-5-16-14-10/h1-6H,7,12H2,(H,13,15). The molecule has 1 amide bonds. The molecule has 5 nitrogen and oxygen atoms in total. The minimum absolute atomic E-state index is 0.267. The molecule has 0 radical (unpaired) electrons. The normalized spacial score (nSPS) is 10.0. The first-order chi connectivity index (χ1) is 7.75. The van der Waals surface area contributed by atoms with Crippen LogP contribution in [0.2, 0.25) is 0 Å². The zero-order chi connectivity index (χ0) is 11.4. The van der Waals surface area contributed by atoms with Gasteiger partial charge >= 0.3 is 0 Å². The van der Waals surface area contributed by atoms with Gasteiger partial charge in [0.25, 0.3) is 5.91 Å². The number of aromatic nitrogens is 1. The van der Waals surface area contributed by atoms with Crippen LogP contribution in [-0.2, 0) is 6.54 Å². The molecule has 5 heteroatoms. The Hall–Kier alpha value is -2.30. The molecule has 2 aromatic rings. The van der Waals surface area contributed by atoms with Crippen LogP contribution < -0.4 is 11.1 Å². The molecule has 0 spiro atoms. The Morgan fingerprint density at radius 2 is 2.31 bits per heavy atom. The second-order valence-electron chi connectivity index (χ2n) is 3.31. The fourth-order valence-electron chi connectivity index (χ4n) is 1.31. The molecule has 0 atom stereocenters. The van der Waals surface area contributed by atoms with E-state index < -0.39 is 0 Å². The van der Waals surface area contributed by atoms with E-state index in [0.717, 1.165) is 5.56 Å². The second kappa shape index (κ2) is 4.48. The molecular formula is C11H11N3O2. The third-order valence-electron chi connectivity index (χ3n) is 2.07. The number of benzene rings is 1. The van der Waals surface area contributed by atoms with Crippen LogP contribution >= 0.6 is 0 Å². The summed E-state index contributed by atoms with van der Waals surface area (Å²) in [6.45, 7) is 0.413. The lowest BCUT2D eigenvalue weighted by Crippen LogP contribution is -2.23. The van der Waals surface area contributed by atoms with Gasteiger partial charge in [-0.05, 0) is 17.7 Å². The largest absolute Gasteiger partial charge is 0.399 e. The van der Waals surface area contributed by atoms with Crippen molar-refractivity contribution in [2.24, 2.45) is 0 Å². The van der Waals surface area contributed by atoms with E-state index in [0.29, 0.717) is 12.2 Å². The molecule has 2 rings (SSSR count). The highest BCUT2D eigenvalue weighted by Gasteiger charge is 2.07. The Labute approximate surface area is 92.2 Å². The lowest BCUT2D eigenvalue weighted by atomic mass is 10.2. The van der Waals surface area contributed by atoms with E-state index in [4.69, 9.17) is 5.73 Å². The number of hydrogen-bond acceptors (Lipinski definition) is 4. The minimum atomic E-state index is -0.267. The Morgan fingerprint density at radius 1 is 1.44 bits per heavy atom. The maximum Gasteiger partial charge on any atom is 0.273 e. The molecule has 0 aliphatic carbocycles. The summed E-state index contributed by atoms with van der Waals surface area (Å²) in [5.74, 6) is -0.267. The van der Waals surface area contributed by atoms with Gasteiger partial charge in [-0.3, -0.25) is 4.79 Å². The van der Waals surface area contributed by atoms with Gasteiger partial charge < -0.3 is 15.6 Å². The van der Waals surface area contributed by atoms with Crippen molar-refractivity contribution in [3.05, 3.63) is 47.9 Å². The fraction of sp³-hybridized carbons (Fsp3) is 0.0909. The van der Waals surface area contributed by atoms with Crippen LogP contribution in [0.3, 0.4) is 0 Å². The zero-order valence-electron chi connectivity index (χ0n) is 8.51. The van der Waals surface area contributed by atoms with Gasteiger partial charge in [0.2, 0.25) is 0 Å². The van der Waals surface area contributed by atoms with Gasteiger partial charge in [-0.2, -0.15) is 0 Å². The maximum atomic E-state index is 11.5. The number of amides is 1. The van der Waals surface area contributed by atoms with Gasteiger partial charge in [0.05, 0.1) is 0 Å². The van der Waals surface area contributed by atoms with E-state index in [1.54, 1.807) is 6.07 Å². The number of nitrogens with one attached hydrogen (secondary N) is 1. The Bertz CT molecular complexity index is 480. The summed E-state index contributed by atoms with van der Waals surface area (Å²) in [6, 6.07) is 8.84. The van der Waals surface area contributed by atoms with Crippen molar-refractivity contribution in [2.45, 2.75) is 6.54 Å². The van der Waals surface area contributed by atoms with Crippen molar-refractivity contribution in [1.29, 1.82) is 0 Å². The average molecular weight is 217 g/mol. The van der Waals surface area contributed by atoms with E-state index in [1.165, 1.54) is 12.3 Å². The van der Waals surface area contributed by atoms with E-state index >= 15 is 0 Å². The van der Waals surface area contributed by atoms with Crippen molar-refractivity contribution in [2.75, 3.05) is 5.73 Å². The van der Waals surface area contributed by atoms with Crippen molar-refractivity contribution in [3.63, 3.8) is 0 Å². The second-order valence-corrected chi connectivity index (χ2v) is 3.31. The van der Waals surface area contributed by atoms with Crippen molar-refractivity contribution >= 4 is 11.6 Å². The van der Waals surface area contributed by atoms with Crippen LogP contribution in [0, 0.1) is 0 Å². The fourth-order valence-corrected chi connectivity index (χ4v) is 1.31. The van der Waals surface area contributed by atoms with Gasteiger partial charge in [-0.15, -0.1) is 0 Å². The number of nitrogen functional groups attached to an aromatic ring is 1. The molecule has 0 aliphatic heterocycles. The summed E-state index contributed by atoms with van der Waals surface area (Å²) in [7, 11) is 0. The monoisotopic (exact) mass is 217 g/mol. The molecule has 0 saturated heterocycles. The van der Waals surface area contributed by atoms with Crippen LogP contribution in [0.1, 0.15) is 16.1 Å². The van der Waals surface area contributed by atoms with Gasteiger partial charge in [0, 0.05) is 18.3 Å². The first-order valence-corrected chi connectivity index (χ1v) is 4.79. The van der Waals surface area contributed by atoms with Crippen LogP contribution in [0.15, 0.2) is 41.1 Å². The molecular weight excluding hydrogens is 206 g/mol. The number of nitrogens with two attached hydrogens (primary N) is 1. The van der Waals surface area contributed by atoms with Crippen LogP contribution in [-0.4, -0.2) is 11.1 Å². The number of carbonyl (C=O) groups is 1. The number of nitrogens with zero attached hydrogens (tertiary/aromatic N) is 1. The predicted molar refractivity (Wildman–Crippen MR) is 58.5 cm³/mol. The predicted octanol–water partition coefficient (Wildman–Crippen LogP) is 1.19. The highest BCUT2D eigenvalue weighted by Crippen LogP contribution is 2.06. The molecule has 1 heterocycles. The number of hydrogen-bond donors (Lipinski definition) is 2. The van der Waals surface area contributed by atoms with Gasteiger partial charge in [-0.1, -0.05) is 17.3 Å². The van der Waals surface area contributed by atoms with Gasteiger partial charge in [0.1, 0.15) is 6.26 Å². The zero-order valence-corrected chi connectivity index (χ0v) is 8.51. The molecule has 82 valence electrons. The molecule has 16 heavy (non-hydrogen) atoms. The van der Waals surface area contributed by atoms with Crippen LogP contribution in [0.25, 0.3) is 0 Å². The molecule has 1 aromatic carbocycles. The lowest BCUT2D eigenvalue weighted by Gasteiger charge is -2.03. The van der Waals surface area contributed by atoms with Gasteiger partial charge in [-0.25, -0.2) is 0 Å². The van der Waals surface area contributed by atoms with Gasteiger partial charge in [0.15, 0.2) is 5.69 Å². The quantitative estimate of drug-likeness (QED) is 0.756. The smallest absolute Gasteiger partial charge is 0.273 e. The first kappa shape index (κ1) is 10.2. The third-order valence-corrected chi connectivity index (χ3v) is 2.07. The number of rotatable bonds is 3. The molecule has 0 unspecified atom stereocenters. The molecule has 0 saturated carbocycles. The summed E-state index contributed by atoms with van der Waals surface area (Å²) >= 11 is 0. The maximum absolute atomic E-state index is 11.5. The van der Waals surface area contributed by atoms with Crippen molar-refractivity contribution < 1.29 is 9.32 Å². The topological polar surface area (TPSA) is 81.1 Å². The summed E-state index contributed by atoms with van der Waals surface area (Å²) < 4.78 is 4.58. The molecule has 1 aromatic heterocycles. The Kier molecular flexibility index (Phi) is 2.86. The minimum Gasteiger partial charge on any atom is -0.399 e. The Morgan fingerprint density at radius 3 is 3.00 bits per heavy atom.